The molecule has 0 aliphatic carbocycles. The van der Waals surface area contributed by atoms with Gasteiger partial charge in [0, 0.05) is 37.0 Å². The molecule has 1 aliphatic heterocycles. The minimum Gasteiger partial charge on any atom is -0.346 e. The Morgan fingerprint density at radius 2 is 2.19 bits per heavy atom. The van der Waals surface area contributed by atoms with E-state index in [1.165, 1.54) is 0 Å². The molecule has 0 saturated carbocycles. The second-order valence-corrected chi connectivity index (χ2v) is 5.47. The van der Waals surface area contributed by atoms with Gasteiger partial charge in [-0.2, -0.15) is 0 Å². The first kappa shape index (κ1) is 13.6. The van der Waals surface area contributed by atoms with Crippen molar-refractivity contribution in [3.8, 4) is 0 Å². The van der Waals surface area contributed by atoms with Crippen LogP contribution in [0.15, 0.2) is 42.6 Å². The highest BCUT2D eigenvalue weighted by Crippen LogP contribution is 2.25. The third-order valence-corrected chi connectivity index (χ3v) is 3.83. The van der Waals surface area contributed by atoms with E-state index < -0.39 is 0 Å². The van der Waals surface area contributed by atoms with Gasteiger partial charge in [0.15, 0.2) is 0 Å². The molecule has 0 spiro atoms. The smallest absolute Gasteiger partial charge is 0.246 e. The van der Waals surface area contributed by atoms with Gasteiger partial charge in [-0.1, -0.05) is 30.3 Å². The van der Waals surface area contributed by atoms with E-state index in [0.717, 1.165) is 36.6 Å². The molecule has 0 radical (unpaired) electrons. The molecule has 1 aromatic carbocycles. The number of nitrogens with one attached hydrogen (secondary N) is 1. The summed E-state index contributed by atoms with van der Waals surface area (Å²) in [7, 11) is 0. The van der Waals surface area contributed by atoms with Crippen LogP contribution in [0.2, 0.25) is 0 Å². The van der Waals surface area contributed by atoms with E-state index in [-0.39, 0.29) is 5.91 Å². The zero-order chi connectivity index (χ0) is 14.7. The van der Waals surface area contributed by atoms with Crippen molar-refractivity contribution < 1.29 is 4.79 Å². The third-order valence-electron chi connectivity index (χ3n) is 3.83. The lowest BCUT2D eigenvalue weighted by atomic mass is 10.1. The Labute approximate surface area is 124 Å². The number of likely N-dealkylation sites (tertiary alicyclic amines) is 1. The fourth-order valence-corrected chi connectivity index (χ4v) is 2.66. The normalized spacial score (nSPS) is 18.5. The number of carbonyl (C=O) groups excluding carboxylic acids is 1. The molecule has 4 nitrogen and oxygen atoms in total. The van der Waals surface area contributed by atoms with Crippen molar-refractivity contribution in [2.45, 2.75) is 19.3 Å². The number of amides is 1. The number of hydrogen-bond acceptors (Lipinski definition) is 2. The maximum absolute atomic E-state index is 12.2. The van der Waals surface area contributed by atoms with Crippen LogP contribution in [0.4, 0.5) is 0 Å². The number of carbonyl (C=O) groups is 1. The number of benzene rings is 1. The summed E-state index contributed by atoms with van der Waals surface area (Å²) in [6.45, 7) is 3.53. The van der Waals surface area contributed by atoms with Crippen molar-refractivity contribution in [3.05, 3.63) is 59.7 Å². The molecule has 1 aliphatic rings. The second-order valence-electron chi connectivity index (χ2n) is 5.47. The van der Waals surface area contributed by atoms with Crippen LogP contribution in [0.3, 0.4) is 0 Å². The van der Waals surface area contributed by atoms with E-state index in [1.54, 1.807) is 6.08 Å². The van der Waals surface area contributed by atoms with Gasteiger partial charge in [0.2, 0.25) is 5.91 Å². The Morgan fingerprint density at radius 3 is 2.90 bits per heavy atom. The fraction of sp³-hybridized carbons (Fsp3) is 0.294. The standard InChI is InChI=1S/C17H19N3O/c1-13-11-18-17(19-13)15-9-10-20(12-15)16(21)8-7-14-5-3-2-4-6-14/h2-8,11,15H,9-10,12H2,1H3,(H,18,19)/b8-7+/t15-/m1/s1. The van der Waals surface area contributed by atoms with Gasteiger partial charge in [-0.25, -0.2) is 4.98 Å². The molecule has 1 saturated heterocycles. The van der Waals surface area contributed by atoms with Gasteiger partial charge in [-0.3, -0.25) is 4.79 Å². The Bertz CT molecular complexity index is 645. The molecule has 3 rings (SSSR count). The predicted molar refractivity (Wildman–Crippen MR) is 82.7 cm³/mol. The van der Waals surface area contributed by atoms with Crippen LogP contribution in [0, 0.1) is 6.92 Å². The first-order chi connectivity index (χ1) is 10.2. The van der Waals surface area contributed by atoms with Crippen LogP contribution in [-0.4, -0.2) is 33.9 Å². The number of H-pyrrole nitrogens is 1. The van der Waals surface area contributed by atoms with Gasteiger partial charge < -0.3 is 9.88 Å². The summed E-state index contributed by atoms with van der Waals surface area (Å²) in [4.78, 5) is 21.7. The average molecular weight is 281 g/mol. The van der Waals surface area contributed by atoms with Crippen LogP contribution < -0.4 is 0 Å². The van der Waals surface area contributed by atoms with Crippen molar-refractivity contribution >= 4 is 12.0 Å². The van der Waals surface area contributed by atoms with Gasteiger partial charge >= 0.3 is 0 Å². The Hall–Kier alpha value is -2.36. The molecule has 108 valence electrons. The highest BCUT2D eigenvalue weighted by atomic mass is 16.2. The first-order valence-electron chi connectivity index (χ1n) is 7.26. The topological polar surface area (TPSA) is 49.0 Å². The van der Waals surface area contributed by atoms with E-state index in [2.05, 4.69) is 9.97 Å². The predicted octanol–water partition coefficient (Wildman–Crippen LogP) is 2.75. The minimum atomic E-state index is 0.0737. The molecule has 21 heavy (non-hydrogen) atoms. The zero-order valence-corrected chi connectivity index (χ0v) is 12.1. The van der Waals surface area contributed by atoms with Crippen LogP contribution in [0.25, 0.3) is 6.08 Å². The maximum atomic E-state index is 12.2. The van der Waals surface area contributed by atoms with Gasteiger partial charge in [0.05, 0.1) is 0 Å². The molecule has 1 atom stereocenters. The average Bonchev–Trinajstić information content (AvgIpc) is 3.14. The lowest BCUT2D eigenvalue weighted by Crippen LogP contribution is -2.26. The Balaban J connectivity index is 1.61. The number of imidazole rings is 1. The Kier molecular flexibility index (Phi) is 3.86. The van der Waals surface area contributed by atoms with Crippen molar-refractivity contribution in [1.29, 1.82) is 0 Å². The van der Waals surface area contributed by atoms with Crippen LogP contribution >= 0.6 is 0 Å². The summed E-state index contributed by atoms with van der Waals surface area (Å²) in [6, 6.07) is 9.88. The largest absolute Gasteiger partial charge is 0.346 e. The molecular weight excluding hydrogens is 262 g/mol. The third kappa shape index (κ3) is 3.21. The van der Waals surface area contributed by atoms with Crippen LogP contribution in [-0.2, 0) is 4.79 Å². The summed E-state index contributed by atoms with van der Waals surface area (Å²) in [5.74, 6) is 1.40. The lowest BCUT2D eigenvalue weighted by Gasteiger charge is -2.13. The monoisotopic (exact) mass is 281 g/mol. The van der Waals surface area contributed by atoms with Crippen molar-refractivity contribution in [2.24, 2.45) is 0 Å². The van der Waals surface area contributed by atoms with Crippen molar-refractivity contribution in [1.82, 2.24) is 14.9 Å². The summed E-state index contributed by atoms with van der Waals surface area (Å²) in [6.07, 6.45) is 6.34. The minimum absolute atomic E-state index is 0.0737. The molecule has 1 aromatic heterocycles. The van der Waals surface area contributed by atoms with Crippen molar-refractivity contribution in [3.63, 3.8) is 0 Å². The number of nitrogens with zero attached hydrogens (tertiary/aromatic N) is 2. The van der Waals surface area contributed by atoms with Crippen molar-refractivity contribution in [2.75, 3.05) is 13.1 Å². The molecule has 2 aromatic rings. The first-order valence-corrected chi connectivity index (χ1v) is 7.26. The van der Waals surface area contributed by atoms with E-state index in [0.29, 0.717) is 5.92 Å². The van der Waals surface area contributed by atoms with Gasteiger partial charge in [0.1, 0.15) is 5.82 Å². The molecule has 0 unspecified atom stereocenters. The van der Waals surface area contributed by atoms with E-state index in [9.17, 15) is 4.79 Å². The van der Waals surface area contributed by atoms with E-state index in [1.807, 2.05) is 54.4 Å². The summed E-state index contributed by atoms with van der Waals surface area (Å²) >= 11 is 0. The number of aromatic nitrogens is 2. The van der Waals surface area contributed by atoms with E-state index in [4.69, 9.17) is 0 Å². The SMILES string of the molecule is Cc1cnc([C@@H]2CCN(C(=O)/C=C/c3ccccc3)C2)[nH]1. The molecule has 1 N–H and O–H groups in total. The Morgan fingerprint density at radius 1 is 1.38 bits per heavy atom. The molecular formula is C17H19N3O. The zero-order valence-electron chi connectivity index (χ0n) is 12.1. The number of aryl methyl sites for hydroxylation is 1. The molecule has 1 fully saturated rings. The highest BCUT2D eigenvalue weighted by molar-refractivity contribution is 5.92. The van der Waals surface area contributed by atoms with E-state index >= 15 is 0 Å². The highest BCUT2D eigenvalue weighted by Gasteiger charge is 2.27. The second kappa shape index (κ2) is 5.95. The maximum Gasteiger partial charge on any atom is 0.246 e. The summed E-state index contributed by atoms with van der Waals surface area (Å²) in [5, 5.41) is 0. The van der Waals surface area contributed by atoms with Crippen LogP contribution in [0.5, 0.6) is 0 Å². The fourth-order valence-electron chi connectivity index (χ4n) is 2.66. The number of aromatic amines is 1. The molecule has 2 heterocycles. The summed E-state index contributed by atoms with van der Waals surface area (Å²) in [5.41, 5.74) is 2.11. The van der Waals surface area contributed by atoms with Gasteiger partial charge in [-0.15, -0.1) is 0 Å². The number of hydrogen-bond donors (Lipinski definition) is 1. The lowest BCUT2D eigenvalue weighted by molar-refractivity contribution is -0.124. The summed E-state index contributed by atoms with van der Waals surface area (Å²) < 4.78 is 0. The van der Waals surface area contributed by atoms with Crippen LogP contribution in [0.1, 0.15) is 29.4 Å². The number of rotatable bonds is 3. The van der Waals surface area contributed by atoms with Gasteiger partial charge in [0.25, 0.3) is 0 Å². The molecule has 4 heteroatoms. The van der Waals surface area contributed by atoms with Gasteiger partial charge in [-0.05, 0) is 25.0 Å². The molecule has 1 amide bonds. The quantitative estimate of drug-likeness (QED) is 0.879. The molecule has 0 bridgehead atoms.